The molecule has 1 fully saturated rings. The number of rotatable bonds is 8. The van der Waals surface area contributed by atoms with Gasteiger partial charge >= 0.3 is 6.18 Å². The van der Waals surface area contributed by atoms with Crippen molar-refractivity contribution in [2.45, 2.75) is 44.9 Å². The van der Waals surface area contributed by atoms with E-state index in [2.05, 4.69) is 30.9 Å². The monoisotopic (exact) mass is 576 g/mol. The van der Waals surface area contributed by atoms with Crippen molar-refractivity contribution in [3.63, 3.8) is 0 Å². The Morgan fingerprint density at radius 3 is 2.80 bits per heavy atom. The van der Waals surface area contributed by atoms with Gasteiger partial charge in [-0.1, -0.05) is 17.4 Å². The molecule has 11 nitrogen and oxygen atoms in total. The summed E-state index contributed by atoms with van der Waals surface area (Å²) >= 11 is 1.10. The van der Waals surface area contributed by atoms with Crippen LogP contribution in [-0.2, 0) is 9.53 Å². The molecule has 212 valence electrons. The molecule has 5 rings (SSSR count). The molecule has 0 spiro atoms. The van der Waals surface area contributed by atoms with Gasteiger partial charge in [-0.15, -0.1) is 0 Å². The van der Waals surface area contributed by atoms with Crippen molar-refractivity contribution in [2.24, 2.45) is 0 Å². The van der Waals surface area contributed by atoms with Crippen molar-refractivity contribution < 1.29 is 27.5 Å². The van der Waals surface area contributed by atoms with E-state index < -0.39 is 24.2 Å². The fourth-order valence-corrected chi connectivity index (χ4v) is 5.46. The number of aromatic amines is 1. The molecule has 3 aromatic heterocycles. The van der Waals surface area contributed by atoms with Gasteiger partial charge in [-0.3, -0.25) is 19.4 Å². The SMILES string of the molecule is COC[C@@H](C(=O)N1CCC[C@@H]1C(F)(F)F)n1cc(C)c(Nc2ncc(C(=O)Nc3c(C)ccc4[nH]ncc34)s2)n1. The van der Waals surface area contributed by atoms with Gasteiger partial charge in [0, 0.05) is 30.8 Å². The summed E-state index contributed by atoms with van der Waals surface area (Å²) in [4.78, 5) is 31.6. The van der Waals surface area contributed by atoms with Gasteiger partial charge in [0.2, 0.25) is 5.91 Å². The van der Waals surface area contributed by atoms with E-state index in [1.165, 1.54) is 18.0 Å². The van der Waals surface area contributed by atoms with Crippen molar-refractivity contribution in [1.29, 1.82) is 0 Å². The molecule has 0 unspecified atom stereocenters. The number of amides is 2. The zero-order chi connectivity index (χ0) is 28.6. The molecule has 4 aromatic rings. The molecule has 1 aromatic carbocycles. The highest BCUT2D eigenvalue weighted by molar-refractivity contribution is 7.17. The second kappa shape index (κ2) is 10.9. The molecule has 3 N–H and O–H groups in total. The zero-order valence-electron chi connectivity index (χ0n) is 21.9. The molecule has 0 saturated carbocycles. The van der Waals surface area contributed by atoms with E-state index in [9.17, 15) is 22.8 Å². The lowest BCUT2D eigenvalue weighted by Crippen LogP contribution is -2.48. The van der Waals surface area contributed by atoms with Gasteiger partial charge in [-0.05, 0) is 38.3 Å². The Morgan fingerprint density at radius 2 is 2.05 bits per heavy atom. The quantitative estimate of drug-likeness (QED) is 0.280. The third kappa shape index (κ3) is 5.38. The molecule has 0 bridgehead atoms. The van der Waals surface area contributed by atoms with Gasteiger partial charge in [0.25, 0.3) is 5.91 Å². The van der Waals surface area contributed by atoms with Crippen LogP contribution in [0.15, 0.2) is 30.7 Å². The van der Waals surface area contributed by atoms with E-state index in [0.29, 0.717) is 27.1 Å². The standard InChI is InChI=1S/C25H27F3N8O3S/c1-13-6-7-16-15(9-30-33-16)20(13)31-22(37)18-10-29-24(40-18)32-21-14(2)11-36(34-21)17(12-39-3)23(38)35-8-4-5-19(35)25(26,27)28/h6-7,9-11,17,19H,4-5,8,12H2,1-3H3,(H,30,33)(H,31,37)(H,29,32,34)/t17-,19+/m0/s1. The van der Waals surface area contributed by atoms with Crippen molar-refractivity contribution >= 4 is 50.7 Å². The lowest BCUT2D eigenvalue weighted by molar-refractivity contribution is -0.184. The maximum absolute atomic E-state index is 13.5. The summed E-state index contributed by atoms with van der Waals surface area (Å²) < 4.78 is 47.0. The maximum atomic E-state index is 13.5. The highest BCUT2D eigenvalue weighted by atomic mass is 32.1. The van der Waals surface area contributed by atoms with E-state index in [0.717, 1.165) is 32.7 Å². The first-order valence-electron chi connectivity index (χ1n) is 12.5. The summed E-state index contributed by atoms with van der Waals surface area (Å²) in [7, 11) is 1.37. The second-order valence-electron chi connectivity index (χ2n) is 9.54. The Labute approximate surface area is 230 Å². The molecule has 1 aliphatic heterocycles. The van der Waals surface area contributed by atoms with E-state index in [-0.39, 0.29) is 31.9 Å². The molecule has 4 heterocycles. The van der Waals surface area contributed by atoms with Crippen LogP contribution < -0.4 is 10.6 Å². The lowest BCUT2D eigenvalue weighted by Gasteiger charge is -2.30. The number of hydrogen-bond acceptors (Lipinski definition) is 8. The minimum Gasteiger partial charge on any atom is -0.382 e. The number of hydrogen-bond donors (Lipinski definition) is 3. The van der Waals surface area contributed by atoms with E-state index in [1.54, 1.807) is 19.3 Å². The molecule has 2 amide bonds. The van der Waals surface area contributed by atoms with Gasteiger partial charge in [-0.25, -0.2) is 4.98 Å². The Morgan fingerprint density at radius 1 is 1.25 bits per heavy atom. The number of likely N-dealkylation sites (tertiary alicyclic amines) is 1. The fourth-order valence-electron chi connectivity index (χ4n) is 4.75. The predicted octanol–water partition coefficient (Wildman–Crippen LogP) is 4.57. The number of nitrogens with zero attached hydrogens (tertiary/aromatic N) is 5. The van der Waals surface area contributed by atoms with Crippen LogP contribution in [0.5, 0.6) is 0 Å². The maximum Gasteiger partial charge on any atom is 0.408 e. The number of carbonyl (C=O) groups excluding carboxylic acids is 2. The first-order valence-corrected chi connectivity index (χ1v) is 13.3. The molecule has 2 atom stereocenters. The molecule has 0 radical (unpaired) electrons. The number of benzene rings is 1. The number of aryl methyl sites for hydroxylation is 2. The van der Waals surface area contributed by atoms with Gasteiger partial charge in [0.1, 0.15) is 10.9 Å². The highest BCUT2D eigenvalue weighted by Gasteiger charge is 2.49. The normalized spacial score (nSPS) is 16.4. The van der Waals surface area contributed by atoms with E-state index >= 15 is 0 Å². The Hall–Kier alpha value is -3.98. The van der Waals surface area contributed by atoms with E-state index in [1.807, 2.05) is 19.1 Å². The number of halogens is 3. The summed E-state index contributed by atoms with van der Waals surface area (Å²) in [6, 6.07) is 0.865. The number of ether oxygens (including phenoxy) is 1. The molecular weight excluding hydrogens is 549 g/mol. The molecule has 0 aliphatic carbocycles. The number of fused-ring (bicyclic) bond motifs is 1. The molecule has 40 heavy (non-hydrogen) atoms. The van der Waals surface area contributed by atoms with Gasteiger partial charge in [0.05, 0.1) is 30.2 Å². The average molecular weight is 577 g/mol. The summed E-state index contributed by atoms with van der Waals surface area (Å²) in [5.74, 6) is -0.699. The molecular formula is C25H27F3N8O3S. The van der Waals surface area contributed by atoms with Crippen molar-refractivity contribution in [3.05, 3.63) is 46.7 Å². The van der Waals surface area contributed by atoms with Gasteiger partial charge in [-0.2, -0.15) is 23.4 Å². The van der Waals surface area contributed by atoms with Crippen LogP contribution in [0.2, 0.25) is 0 Å². The molecule has 15 heteroatoms. The first-order chi connectivity index (χ1) is 19.1. The van der Waals surface area contributed by atoms with Crippen LogP contribution in [-0.4, -0.2) is 74.2 Å². The lowest BCUT2D eigenvalue weighted by atomic mass is 10.1. The number of methoxy groups -OCH3 is 1. The van der Waals surface area contributed by atoms with Crippen LogP contribution in [0.3, 0.4) is 0 Å². The van der Waals surface area contributed by atoms with Gasteiger partial charge in [0.15, 0.2) is 17.0 Å². The summed E-state index contributed by atoms with van der Waals surface area (Å²) in [5, 5.41) is 18.4. The summed E-state index contributed by atoms with van der Waals surface area (Å²) in [6.07, 6.45) is 0.286. The third-order valence-electron chi connectivity index (χ3n) is 6.78. The zero-order valence-corrected chi connectivity index (χ0v) is 22.7. The van der Waals surface area contributed by atoms with Crippen LogP contribution in [0.25, 0.3) is 10.9 Å². The number of alkyl halides is 3. The van der Waals surface area contributed by atoms with Crippen molar-refractivity contribution in [3.8, 4) is 0 Å². The smallest absolute Gasteiger partial charge is 0.382 e. The van der Waals surface area contributed by atoms with Crippen LogP contribution in [0, 0.1) is 13.8 Å². The van der Waals surface area contributed by atoms with Crippen LogP contribution in [0.4, 0.5) is 29.8 Å². The predicted molar refractivity (Wildman–Crippen MR) is 143 cm³/mol. The number of H-pyrrole nitrogens is 1. The summed E-state index contributed by atoms with van der Waals surface area (Å²) in [6.45, 7) is 3.50. The minimum atomic E-state index is -4.50. The Balaban J connectivity index is 1.31. The topological polar surface area (TPSA) is 130 Å². The number of aromatic nitrogens is 5. The Bertz CT molecular complexity index is 1550. The number of anilines is 3. The van der Waals surface area contributed by atoms with Gasteiger partial charge < -0.3 is 20.3 Å². The first kappa shape index (κ1) is 27.6. The highest BCUT2D eigenvalue weighted by Crippen LogP contribution is 2.34. The average Bonchev–Trinajstić information content (AvgIpc) is 3.71. The Kier molecular flexibility index (Phi) is 7.51. The number of nitrogens with one attached hydrogen (secondary N) is 3. The largest absolute Gasteiger partial charge is 0.408 e. The molecule has 1 aliphatic rings. The minimum absolute atomic E-state index is 0.0210. The van der Waals surface area contributed by atoms with Crippen LogP contribution in [0.1, 0.15) is 39.7 Å². The third-order valence-corrected chi connectivity index (χ3v) is 7.69. The second-order valence-corrected chi connectivity index (χ2v) is 10.6. The van der Waals surface area contributed by atoms with Crippen molar-refractivity contribution in [1.82, 2.24) is 29.9 Å². The number of thiazole rings is 1. The van der Waals surface area contributed by atoms with E-state index in [4.69, 9.17) is 4.74 Å². The fraction of sp³-hybridized carbons (Fsp3) is 0.400. The van der Waals surface area contributed by atoms with Crippen molar-refractivity contribution in [2.75, 3.05) is 30.9 Å². The number of carbonyl (C=O) groups is 2. The molecule has 1 saturated heterocycles. The summed E-state index contributed by atoms with van der Waals surface area (Å²) in [5.41, 5.74) is 2.95. The van der Waals surface area contributed by atoms with Crippen LogP contribution >= 0.6 is 11.3 Å².